The fourth-order valence-corrected chi connectivity index (χ4v) is 2.90. The Bertz CT molecular complexity index is 317. The van der Waals surface area contributed by atoms with Crippen molar-refractivity contribution in [3.8, 4) is 0 Å². The normalized spacial score (nSPS) is 23.2. The first-order valence-corrected chi connectivity index (χ1v) is 6.41. The van der Waals surface area contributed by atoms with E-state index in [0.717, 1.165) is 24.6 Å². The third-order valence-electron chi connectivity index (χ3n) is 2.80. The molecule has 0 spiro atoms. The van der Waals surface area contributed by atoms with Crippen molar-refractivity contribution in [3.63, 3.8) is 0 Å². The van der Waals surface area contributed by atoms with Crippen molar-refractivity contribution in [2.24, 2.45) is 5.73 Å². The van der Waals surface area contributed by atoms with Gasteiger partial charge >= 0.3 is 0 Å². The van der Waals surface area contributed by atoms with Crippen molar-refractivity contribution in [1.82, 2.24) is 15.1 Å². The molecule has 1 atom stereocenters. The molecule has 0 aliphatic carbocycles. The second-order valence-electron chi connectivity index (χ2n) is 3.80. The summed E-state index contributed by atoms with van der Waals surface area (Å²) >= 11 is 7.20. The summed E-state index contributed by atoms with van der Waals surface area (Å²) in [6.07, 6.45) is 3.74. The number of hydrogen-bond donors (Lipinski definition) is 1. The van der Waals surface area contributed by atoms with Crippen molar-refractivity contribution < 1.29 is 0 Å². The standard InChI is InChI=1S/C9H15ClN4S/c10-9-13-12-8(15-9)6-14-4-2-1-3-7(14)5-11/h7H,1-6,11H2. The second-order valence-corrected chi connectivity index (χ2v) is 5.45. The van der Waals surface area contributed by atoms with Crippen LogP contribution in [0.5, 0.6) is 0 Å². The number of aromatic nitrogens is 2. The average Bonchev–Trinajstić information content (AvgIpc) is 2.65. The fraction of sp³-hybridized carbons (Fsp3) is 0.778. The van der Waals surface area contributed by atoms with Gasteiger partial charge in [0, 0.05) is 12.6 Å². The Labute approximate surface area is 98.4 Å². The van der Waals surface area contributed by atoms with Crippen LogP contribution in [0.25, 0.3) is 0 Å². The fourth-order valence-electron chi connectivity index (χ4n) is 2.01. The van der Waals surface area contributed by atoms with Crippen molar-refractivity contribution in [2.45, 2.75) is 31.8 Å². The maximum Gasteiger partial charge on any atom is 0.207 e. The first-order valence-electron chi connectivity index (χ1n) is 5.21. The topological polar surface area (TPSA) is 55.0 Å². The minimum Gasteiger partial charge on any atom is -0.329 e. The van der Waals surface area contributed by atoms with Gasteiger partial charge in [-0.2, -0.15) is 0 Å². The third-order valence-corrected chi connectivity index (χ3v) is 3.81. The Morgan fingerprint density at radius 1 is 1.47 bits per heavy atom. The van der Waals surface area contributed by atoms with E-state index in [4.69, 9.17) is 17.3 Å². The Balaban J connectivity index is 1.97. The van der Waals surface area contributed by atoms with Crippen LogP contribution in [-0.4, -0.2) is 34.2 Å². The van der Waals surface area contributed by atoms with Gasteiger partial charge in [0.2, 0.25) is 4.47 Å². The number of nitrogens with two attached hydrogens (primary N) is 1. The lowest BCUT2D eigenvalue weighted by atomic mass is 10.0. The van der Waals surface area contributed by atoms with Gasteiger partial charge in [-0.25, -0.2) is 0 Å². The molecule has 2 heterocycles. The zero-order valence-corrected chi connectivity index (χ0v) is 10.1. The van der Waals surface area contributed by atoms with Crippen LogP contribution in [0.3, 0.4) is 0 Å². The quantitative estimate of drug-likeness (QED) is 0.879. The van der Waals surface area contributed by atoms with Crippen molar-refractivity contribution >= 4 is 22.9 Å². The summed E-state index contributed by atoms with van der Waals surface area (Å²) in [6, 6.07) is 0.501. The molecule has 1 fully saturated rings. The van der Waals surface area contributed by atoms with Gasteiger partial charge in [-0.15, -0.1) is 10.2 Å². The lowest BCUT2D eigenvalue weighted by Crippen LogP contribution is -2.43. The van der Waals surface area contributed by atoms with E-state index in [1.165, 1.54) is 30.6 Å². The summed E-state index contributed by atoms with van der Waals surface area (Å²) < 4.78 is 0.520. The van der Waals surface area contributed by atoms with Gasteiger partial charge in [0.25, 0.3) is 0 Å². The molecule has 1 saturated heterocycles. The van der Waals surface area contributed by atoms with Gasteiger partial charge < -0.3 is 5.73 Å². The number of hydrogen-bond acceptors (Lipinski definition) is 5. The average molecular weight is 247 g/mol. The van der Waals surface area contributed by atoms with Crippen LogP contribution < -0.4 is 5.73 Å². The molecule has 1 unspecified atom stereocenters. The van der Waals surface area contributed by atoms with Gasteiger partial charge in [-0.1, -0.05) is 17.8 Å². The van der Waals surface area contributed by atoms with Crippen molar-refractivity contribution in [1.29, 1.82) is 0 Å². The lowest BCUT2D eigenvalue weighted by Gasteiger charge is -2.34. The van der Waals surface area contributed by atoms with Crippen LogP contribution in [0.4, 0.5) is 0 Å². The summed E-state index contributed by atoms with van der Waals surface area (Å²) in [7, 11) is 0. The molecule has 0 bridgehead atoms. The molecule has 0 saturated carbocycles. The van der Waals surface area contributed by atoms with Crippen molar-refractivity contribution in [2.75, 3.05) is 13.1 Å². The molecule has 0 amide bonds. The number of rotatable bonds is 3. The van der Waals surface area contributed by atoms with Gasteiger partial charge in [0.15, 0.2) is 0 Å². The maximum atomic E-state index is 5.75. The molecular weight excluding hydrogens is 232 g/mol. The SMILES string of the molecule is NCC1CCCCN1Cc1nnc(Cl)s1. The lowest BCUT2D eigenvalue weighted by molar-refractivity contribution is 0.144. The Morgan fingerprint density at radius 3 is 3.00 bits per heavy atom. The maximum absolute atomic E-state index is 5.75. The summed E-state index contributed by atoms with van der Waals surface area (Å²) in [4.78, 5) is 2.39. The molecule has 84 valence electrons. The Morgan fingerprint density at radius 2 is 2.33 bits per heavy atom. The number of halogens is 1. The van der Waals surface area contributed by atoms with E-state index in [0.29, 0.717) is 10.5 Å². The molecule has 2 rings (SSSR count). The van der Waals surface area contributed by atoms with Gasteiger partial charge in [-0.3, -0.25) is 4.90 Å². The molecule has 6 heteroatoms. The largest absolute Gasteiger partial charge is 0.329 e. The van der Waals surface area contributed by atoms with E-state index in [1.807, 2.05) is 0 Å². The second kappa shape index (κ2) is 5.21. The molecule has 1 aliphatic rings. The number of piperidine rings is 1. The van der Waals surface area contributed by atoms with Crippen LogP contribution >= 0.6 is 22.9 Å². The Kier molecular flexibility index (Phi) is 3.91. The molecule has 1 aromatic heterocycles. The highest BCUT2D eigenvalue weighted by atomic mass is 35.5. The highest BCUT2D eigenvalue weighted by Gasteiger charge is 2.22. The smallest absolute Gasteiger partial charge is 0.207 e. The van der Waals surface area contributed by atoms with Crippen LogP contribution in [0.15, 0.2) is 0 Å². The van der Waals surface area contributed by atoms with Crippen molar-refractivity contribution in [3.05, 3.63) is 9.47 Å². The molecular formula is C9H15ClN4S. The van der Waals surface area contributed by atoms with Crippen LogP contribution in [0.1, 0.15) is 24.3 Å². The predicted molar refractivity (Wildman–Crippen MR) is 62.0 cm³/mol. The molecule has 1 aliphatic heterocycles. The molecule has 4 nitrogen and oxygen atoms in total. The summed E-state index contributed by atoms with van der Waals surface area (Å²) in [5.74, 6) is 0. The third kappa shape index (κ3) is 2.87. The van der Waals surface area contributed by atoms with E-state index < -0.39 is 0 Å². The van der Waals surface area contributed by atoms with E-state index in [-0.39, 0.29) is 0 Å². The number of likely N-dealkylation sites (tertiary alicyclic amines) is 1. The monoisotopic (exact) mass is 246 g/mol. The van der Waals surface area contributed by atoms with Gasteiger partial charge in [0.1, 0.15) is 5.01 Å². The summed E-state index contributed by atoms with van der Waals surface area (Å²) in [5, 5.41) is 8.83. The van der Waals surface area contributed by atoms with E-state index in [2.05, 4.69) is 15.1 Å². The zero-order chi connectivity index (χ0) is 10.7. The zero-order valence-electron chi connectivity index (χ0n) is 8.53. The van der Waals surface area contributed by atoms with E-state index in [1.54, 1.807) is 0 Å². The van der Waals surface area contributed by atoms with Gasteiger partial charge in [0.05, 0.1) is 6.54 Å². The minimum atomic E-state index is 0.501. The molecule has 2 N–H and O–H groups in total. The van der Waals surface area contributed by atoms with Crippen LogP contribution in [0, 0.1) is 0 Å². The van der Waals surface area contributed by atoms with Crippen LogP contribution in [0.2, 0.25) is 4.47 Å². The molecule has 0 aromatic carbocycles. The molecule has 1 aromatic rings. The van der Waals surface area contributed by atoms with E-state index in [9.17, 15) is 0 Å². The Hall–Kier alpha value is -0.230. The summed E-state index contributed by atoms with van der Waals surface area (Å²) in [5.41, 5.74) is 5.75. The molecule has 0 radical (unpaired) electrons. The first kappa shape index (κ1) is 11.3. The van der Waals surface area contributed by atoms with Gasteiger partial charge in [-0.05, 0) is 31.0 Å². The highest BCUT2D eigenvalue weighted by Crippen LogP contribution is 2.21. The first-order chi connectivity index (χ1) is 7.29. The van der Waals surface area contributed by atoms with Crippen LogP contribution in [-0.2, 0) is 6.54 Å². The minimum absolute atomic E-state index is 0.501. The predicted octanol–water partition coefficient (Wildman–Crippen LogP) is 1.50. The highest BCUT2D eigenvalue weighted by molar-refractivity contribution is 7.15. The summed E-state index contributed by atoms with van der Waals surface area (Å²) in [6.45, 7) is 2.68. The molecule has 15 heavy (non-hydrogen) atoms. The number of nitrogens with zero attached hydrogens (tertiary/aromatic N) is 3. The van der Waals surface area contributed by atoms with E-state index >= 15 is 0 Å².